The molecule has 2 aromatic rings. The number of hydrazone groups is 1. The summed E-state index contributed by atoms with van der Waals surface area (Å²) in [6.07, 6.45) is 1.61. The lowest BCUT2D eigenvalue weighted by Crippen LogP contribution is -2.33. The number of hydrogen-bond donors (Lipinski definition) is 2. The minimum atomic E-state index is -0.599. The number of benzene rings is 2. The van der Waals surface area contributed by atoms with E-state index in [1.165, 1.54) is 14.2 Å². The van der Waals surface area contributed by atoms with Gasteiger partial charge < -0.3 is 25.3 Å². The first-order valence-corrected chi connectivity index (χ1v) is 9.12. The van der Waals surface area contributed by atoms with E-state index >= 15 is 0 Å². The molecule has 0 unspecified atom stereocenters. The van der Waals surface area contributed by atoms with Crippen LogP contribution in [-0.2, 0) is 11.3 Å². The SMILES string of the molecule is COc1cc(/C=N\N(C)C(=S)NCc2ccccc2)cc(OC)c1OCC(N)=O. The molecule has 0 saturated heterocycles. The van der Waals surface area contributed by atoms with E-state index < -0.39 is 5.91 Å². The van der Waals surface area contributed by atoms with E-state index in [0.29, 0.717) is 34.5 Å². The molecule has 0 saturated carbocycles. The van der Waals surface area contributed by atoms with Crippen LogP contribution in [0.2, 0.25) is 0 Å². The van der Waals surface area contributed by atoms with Crippen LogP contribution >= 0.6 is 12.2 Å². The number of hydrogen-bond acceptors (Lipinski definition) is 6. The predicted octanol–water partition coefficient (Wildman–Crippen LogP) is 1.91. The van der Waals surface area contributed by atoms with Crippen LogP contribution in [0, 0.1) is 0 Å². The highest BCUT2D eigenvalue weighted by atomic mass is 32.1. The third-order valence-corrected chi connectivity index (χ3v) is 4.21. The van der Waals surface area contributed by atoms with Gasteiger partial charge in [-0.15, -0.1) is 0 Å². The Morgan fingerprint density at radius 1 is 1.21 bits per heavy atom. The van der Waals surface area contributed by atoms with E-state index in [1.807, 2.05) is 30.3 Å². The van der Waals surface area contributed by atoms with Crippen LogP contribution in [0.3, 0.4) is 0 Å². The molecule has 2 rings (SSSR count). The van der Waals surface area contributed by atoms with Crippen LogP contribution in [0.15, 0.2) is 47.6 Å². The Hall–Kier alpha value is -3.33. The van der Waals surface area contributed by atoms with Crippen molar-refractivity contribution in [1.29, 1.82) is 0 Å². The van der Waals surface area contributed by atoms with Crippen molar-refractivity contribution >= 4 is 29.5 Å². The van der Waals surface area contributed by atoms with Gasteiger partial charge in [0.25, 0.3) is 5.91 Å². The maximum absolute atomic E-state index is 11.0. The minimum absolute atomic E-state index is 0.287. The van der Waals surface area contributed by atoms with Crippen molar-refractivity contribution in [2.24, 2.45) is 10.8 Å². The van der Waals surface area contributed by atoms with Gasteiger partial charge >= 0.3 is 0 Å². The fraction of sp³-hybridized carbons (Fsp3) is 0.250. The second-order valence-corrected chi connectivity index (χ2v) is 6.31. The molecular formula is C20H24N4O4S. The Morgan fingerprint density at radius 3 is 2.38 bits per heavy atom. The number of thiocarbonyl (C=S) groups is 1. The third-order valence-electron chi connectivity index (χ3n) is 3.80. The first kappa shape index (κ1) is 22.0. The van der Waals surface area contributed by atoms with Crippen LogP contribution in [0.4, 0.5) is 0 Å². The van der Waals surface area contributed by atoms with Crippen LogP contribution in [0.25, 0.3) is 0 Å². The molecule has 3 N–H and O–H groups in total. The summed E-state index contributed by atoms with van der Waals surface area (Å²) < 4.78 is 16.1. The Kier molecular flexibility index (Phi) is 8.23. The third kappa shape index (κ3) is 6.65. The van der Waals surface area contributed by atoms with E-state index in [9.17, 15) is 4.79 Å². The summed E-state index contributed by atoms with van der Waals surface area (Å²) in [6, 6.07) is 13.3. The molecule has 0 spiro atoms. The van der Waals surface area contributed by atoms with Crippen LogP contribution in [0.1, 0.15) is 11.1 Å². The molecule has 0 aromatic heterocycles. The van der Waals surface area contributed by atoms with Gasteiger partial charge in [-0.05, 0) is 29.9 Å². The first-order chi connectivity index (χ1) is 13.9. The van der Waals surface area contributed by atoms with Gasteiger partial charge in [0.2, 0.25) is 5.75 Å². The molecule has 0 aliphatic carbocycles. The Balaban J connectivity index is 2.07. The molecule has 0 heterocycles. The average Bonchev–Trinajstić information content (AvgIpc) is 2.74. The Morgan fingerprint density at radius 2 is 1.83 bits per heavy atom. The van der Waals surface area contributed by atoms with Crippen LogP contribution < -0.4 is 25.3 Å². The van der Waals surface area contributed by atoms with Crippen molar-refractivity contribution in [3.05, 3.63) is 53.6 Å². The summed E-state index contributed by atoms with van der Waals surface area (Å²) in [7, 11) is 4.72. The predicted molar refractivity (Wildman–Crippen MR) is 115 cm³/mol. The fourth-order valence-electron chi connectivity index (χ4n) is 2.35. The number of methoxy groups -OCH3 is 2. The maximum Gasteiger partial charge on any atom is 0.255 e. The standard InChI is InChI=1S/C20H24N4O4S/c1-24(20(29)22-11-14-7-5-4-6-8-14)23-12-15-9-16(26-2)19(17(10-15)27-3)28-13-18(21)25/h4-10,12H,11,13H2,1-3H3,(H2,21,25)(H,22,29)/b23-12-. The second kappa shape index (κ2) is 10.9. The van der Waals surface area contributed by atoms with Gasteiger partial charge in [0.05, 0.1) is 20.4 Å². The normalized spacial score (nSPS) is 10.4. The van der Waals surface area contributed by atoms with Gasteiger partial charge in [-0.25, -0.2) is 5.01 Å². The molecule has 1 amide bonds. The average molecular weight is 417 g/mol. The van der Waals surface area contributed by atoms with Crippen molar-refractivity contribution in [3.8, 4) is 17.2 Å². The summed E-state index contributed by atoms with van der Waals surface area (Å²) in [6.45, 7) is 0.317. The topological polar surface area (TPSA) is 98.4 Å². The fourth-order valence-corrected chi connectivity index (χ4v) is 2.47. The molecule has 0 radical (unpaired) electrons. The van der Waals surface area contributed by atoms with Gasteiger partial charge in [0.1, 0.15) is 0 Å². The number of rotatable bonds is 9. The summed E-state index contributed by atoms with van der Waals surface area (Å²) >= 11 is 5.36. The zero-order valence-electron chi connectivity index (χ0n) is 16.5. The first-order valence-electron chi connectivity index (χ1n) is 8.71. The number of carbonyl (C=O) groups excluding carboxylic acids is 1. The lowest BCUT2D eigenvalue weighted by atomic mass is 10.2. The van der Waals surface area contributed by atoms with E-state index in [2.05, 4.69) is 10.4 Å². The zero-order valence-corrected chi connectivity index (χ0v) is 17.4. The molecule has 0 fully saturated rings. The number of nitrogens with zero attached hydrogens (tertiary/aromatic N) is 2. The number of primary amides is 1. The second-order valence-electron chi connectivity index (χ2n) is 5.92. The highest BCUT2D eigenvalue weighted by molar-refractivity contribution is 7.80. The van der Waals surface area contributed by atoms with Crippen molar-refractivity contribution in [2.45, 2.75) is 6.54 Å². The van der Waals surface area contributed by atoms with Crippen molar-refractivity contribution in [1.82, 2.24) is 10.3 Å². The highest BCUT2D eigenvalue weighted by Gasteiger charge is 2.15. The number of nitrogens with one attached hydrogen (secondary N) is 1. The summed E-state index contributed by atoms with van der Waals surface area (Å²) in [5.74, 6) is 0.469. The summed E-state index contributed by atoms with van der Waals surface area (Å²) in [5, 5.41) is 9.51. The summed E-state index contributed by atoms with van der Waals surface area (Å²) in [5.41, 5.74) is 6.95. The quantitative estimate of drug-likeness (QED) is 0.366. The number of carbonyl (C=O) groups is 1. The Labute approximate surface area is 175 Å². The van der Waals surface area contributed by atoms with Crippen molar-refractivity contribution < 1.29 is 19.0 Å². The number of nitrogens with two attached hydrogens (primary N) is 1. The Bertz CT molecular complexity index is 849. The van der Waals surface area contributed by atoms with E-state index in [0.717, 1.165) is 5.56 Å². The highest BCUT2D eigenvalue weighted by Crippen LogP contribution is 2.38. The molecule has 29 heavy (non-hydrogen) atoms. The van der Waals surface area contributed by atoms with Gasteiger partial charge in [-0.1, -0.05) is 30.3 Å². The zero-order chi connectivity index (χ0) is 21.2. The number of ether oxygens (including phenoxy) is 3. The van der Waals surface area contributed by atoms with Crippen LogP contribution in [-0.4, -0.2) is 50.1 Å². The molecule has 0 bridgehead atoms. The van der Waals surface area contributed by atoms with Crippen LogP contribution in [0.5, 0.6) is 17.2 Å². The van der Waals surface area contributed by atoms with E-state index in [4.69, 9.17) is 32.2 Å². The van der Waals surface area contributed by atoms with Crippen molar-refractivity contribution in [2.75, 3.05) is 27.9 Å². The van der Waals surface area contributed by atoms with Gasteiger partial charge in [0, 0.05) is 19.2 Å². The molecule has 0 aliphatic rings. The largest absolute Gasteiger partial charge is 0.493 e. The smallest absolute Gasteiger partial charge is 0.255 e. The summed E-state index contributed by atoms with van der Waals surface area (Å²) in [4.78, 5) is 11.0. The van der Waals surface area contributed by atoms with E-state index in [1.54, 1.807) is 30.4 Å². The minimum Gasteiger partial charge on any atom is -0.493 e. The molecule has 8 nitrogen and oxygen atoms in total. The van der Waals surface area contributed by atoms with Crippen molar-refractivity contribution in [3.63, 3.8) is 0 Å². The molecule has 154 valence electrons. The van der Waals surface area contributed by atoms with E-state index in [-0.39, 0.29) is 6.61 Å². The molecule has 9 heteroatoms. The lowest BCUT2D eigenvalue weighted by Gasteiger charge is -2.16. The monoisotopic (exact) mass is 416 g/mol. The molecule has 2 aromatic carbocycles. The lowest BCUT2D eigenvalue weighted by molar-refractivity contribution is -0.119. The number of amides is 1. The molecule has 0 atom stereocenters. The molecular weight excluding hydrogens is 392 g/mol. The van der Waals surface area contributed by atoms with Gasteiger partial charge in [-0.3, -0.25) is 4.79 Å². The van der Waals surface area contributed by atoms with Gasteiger partial charge in [0.15, 0.2) is 23.2 Å². The maximum atomic E-state index is 11.0. The molecule has 0 aliphatic heterocycles. The van der Waals surface area contributed by atoms with Gasteiger partial charge in [-0.2, -0.15) is 5.10 Å².